The third-order valence-corrected chi connectivity index (χ3v) is 2.11. The molecule has 90 valence electrons. The van der Waals surface area contributed by atoms with E-state index in [1.807, 2.05) is 0 Å². The summed E-state index contributed by atoms with van der Waals surface area (Å²) in [6, 6.07) is 2.21. The number of hydrogen-bond acceptors (Lipinski definition) is 5. The molecule has 0 spiro atoms. The Labute approximate surface area is 96.6 Å². The summed E-state index contributed by atoms with van der Waals surface area (Å²) < 4.78 is 5.03. The lowest BCUT2D eigenvalue weighted by molar-refractivity contribution is 0.172. The second-order valence-electron chi connectivity index (χ2n) is 3.66. The summed E-state index contributed by atoms with van der Waals surface area (Å²) >= 11 is 0. The Morgan fingerprint density at radius 3 is 2.75 bits per heavy atom. The van der Waals surface area contributed by atoms with Crippen LogP contribution in [0, 0.1) is 0 Å². The topological polar surface area (TPSA) is 59.1 Å². The first kappa shape index (κ1) is 12.9. The molecule has 0 bridgehead atoms. The first-order chi connectivity index (χ1) is 7.83. The Morgan fingerprint density at radius 1 is 1.31 bits per heavy atom. The van der Waals surface area contributed by atoms with Gasteiger partial charge in [-0.25, -0.2) is 9.97 Å². The number of rotatable bonds is 8. The van der Waals surface area contributed by atoms with Gasteiger partial charge in [-0.15, -0.1) is 0 Å². The first-order valence-electron chi connectivity index (χ1n) is 5.56. The van der Waals surface area contributed by atoms with Gasteiger partial charge in [0.2, 0.25) is 5.95 Å². The quantitative estimate of drug-likeness (QED) is 0.643. The molecule has 0 aromatic carbocycles. The number of anilines is 1. The van der Waals surface area contributed by atoms with Gasteiger partial charge in [0.15, 0.2) is 0 Å². The van der Waals surface area contributed by atoms with Crippen molar-refractivity contribution in [3.63, 3.8) is 0 Å². The lowest BCUT2D eigenvalue weighted by Gasteiger charge is -2.12. The summed E-state index contributed by atoms with van der Waals surface area (Å²) in [5.74, 6) is 0.687. The zero-order valence-electron chi connectivity index (χ0n) is 9.94. The highest BCUT2D eigenvalue weighted by Gasteiger charge is 1.98. The van der Waals surface area contributed by atoms with E-state index in [1.165, 1.54) is 0 Å². The molecule has 1 atom stereocenters. The molecule has 0 aliphatic carbocycles. The Hall–Kier alpha value is -1.20. The van der Waals surface area contributed by atoms with Crippen LogP contribution in [0.1, 0.15) is 13.3 Å². The second-order valence-corrected chi connectivity index (χ2v) is 3.66. The van der Waals surface area contributed by atoms with Gasteiger partial charge < -0.3 is 15.4 Å². The van der Waals surface area contributed by atoms with Gasteiger partial charge in [0.05, 0.1) is 6.61 Å². The van der Waals surface area contributed by atoms with Crippen LogP contribution in [0.2, 0.25) is 0 Å². The van der Waals surface area contributed by atoms with Gasteiger partial charge in [0.1, 0.15) is 0 Å². The van der Waals surface area contributed by atoms with Gasteiger partial charge in [-0.1, -0.05) is 0 Å². The van der Waals surface area contributed by atoms with Gasteiger partial charge in [0.25, 0.3) is 0 Å². The zero-order chi connectivity index (χ0) is 11.6. The molecule has 0 saturated carbocycles. The molecular formula is C11H20N4O. The average molecular weight is 224 g/mol. The zero-order valence-corrected chi connectivity index (χ0v) is 9.94. The summed E-state index contributed by atoms with van der Waals surface area (Å²) in [5.41, 5.74) is 0. The van der Waals surface area contributed by atoms with E-state index in [4.69, 9.17) is 4.74 Å². The van der Waals surface area contributed by atoms with Crippen molar-refractivity contribution in [3.05, 3.63) is 18.5 Å². The molecule has 1 aromatic heterocycles. The van der Waals surface area contributed by atoms with E-state index in [1.54, 1.807) is 25.6 Å². The van der Waals surface area contributed by atoms with Crippen LogP contribution in [0.5, 0.6) is 0 Å². The molecule has 5 nitrogen and oxygen atoms in total. The molecule has 16 heavy (non-hydrogen) atoms. The SMILES string of the molecule is COCC(C)NCCCNc1ncccn1. The van der Waals surface area contributed by atoms with Crippen LogP contribution in [0.4, 0.5) is 5.95 Å². The minimum atomic E-state index is 0.401. The summed E-state index contributed by atoms with van der Waals surface area (Å²) in [7, 11) is 1.71. The minimum absolute atomic E-state index is 0.401. The van der Waals surface area contributed by atoms with Crippen molar-refractivity contribution in [2.45, 2.75) is 19.4 Å². The number of nitrogens with zero attached hydrogens (tertiary/aromatic N) is 2. The maximum absolute atomic E-state index is 5.03. The predicted octanol–water partition coefficient (Wildman–Crippen LogP) is 0.903. The van der Waals surface area contributed by atoms with Gasteiger partial charge in [-0.2, -0.15) is 0 Å². The summed E-state index contributed by atoms with van der Waals surface area (Å²) in [6.07, 6.45) is 4.49. The van der Waals surface area contributed by atoms with Crippen molar-refractivity contribution in [2.75, 3.05) is 32.1 Å². The van der Waals surface area contributed by atoms with E-state index in [2.05, 4.69) is 27.5 Å². The highest BCUT2D eigenvalue weighted by atomic mass is 16.5. The third-order valence-electron chi connectivity index (χ3n) is 2.11. The Morgan fingerprint density at radius 2 is 2.06 bits per heavy atom. The maximum atomic E-state index is 5.03. The summed E-state index contributed by atoms with van der Waals surface area (Å²) in [5, 5.41) is 6.52. The highest BCUT2D eigenvalue weighted by molar-refractivity contribution is 5.21. The fraction of sp³-hybridized carbons (Fsp3) is 0.636. The first-order valence-corrected chi connectivity index (χ1v) is 5.56. The van der Waals surface area contributed by atoms with Gasteiger partial charge in [-0.05, 0) is 26.0 Å². The summed E-state index contributed by atoms with van der Waals surface area (Å²) in [6.45, 7) is 4.69. The Balaban J connectivity index is 2.00. The molecule has 0 amide bonds. The Bertz CT molecular complexity index is 268. The highest BCUT2D eigenvalue weighted by Crippen LogP contribution is 1.93. The molecule has 0 fully saturated rings. The molecular weight excluding hydrogens is 204 g/mol. The van der Waals surface area contributed by atoms with Crippen molar-refractivity contribution >= 4 is 5.95 Å². The smallest absolute Gasteiger partial charge is 0.222 e. The van der Waals surface area contributed by atoms with Crippen LogP contribution >= 0.6 is 0 Å². The van der Waals surface area contributed by atoms with E-state index in [9.17, 15) is 0 Å². The van der Waals surface area contributed by atoms with Gasteiger partial charge in [0, 0.05) is 32.1 Å². The van der Waals surface area contributed by atoms with Crippen molar-refractivity contribution < 1.29 is 4.74 Å². The fourth-order valence-electron chi connectivity index (χ4n) is 1.34. The van der Waals surface area contributed by atoms with Crippen molar-refractivity contribution in [1.82, 2.24) is 15.3 Å². The molecule has 1 aromatic rings. The van der Waals surface area contributed by atoms with Crippen molar-refractivity contribution in [1.29, 1.82) is 0 Å². The monoisotopic (exact) mass is 224 g/mol. The maximum Gasteiger partial charge on any atom is 0.222 e. The predicted molar refractivity (Wildman–Crippen MR) is 64.5 cm³/mol. The fourth-order valence-corrected chi connectivity index (χ4v) is 1.34. The van der Waals surface area contributed by atoms with Crippen LogP contribution in [0.3, 0.4) is 0 Å². The van der Waals surface area contributed by atoms with Crippen LogP contribution in [0.15, 0.2) is 18.5 Å². The normalized spacial score (nSPS) is 12.4. The lowest BCUT2D eigenvalue weighted by atomic mass is 10.3. The van der Waals surface area contributed by atoms with Crippen LogP contribution in [-0.4, -0.2) is 42.8 Å². The molecule has 0 aliphatic rings. The van der Waals surface area contributed by atoms with Crippen LogP contribution in [0.25, 0.3) is 0 Å². The van der Waals surface area contributed by atoms with E-state index in [0.29, 0.717) is 12.0 Å². The van der Waals surface area contributed by atoms with Gasteiger partial charge >= 0.3 is 0 Å². The van der Waals surface area contributed by atoms with Crippen molar-refractivity contribution in [3.8, 4) is 0 Å². The molecule has 1 heterocycles. The van der Waals surface area contributed by atoms with Crippen LogP contribution < -0.4 is 10.6 Å². The average Bonchev–Trinajstić information content (AvgIpc) is 2.30. The molecule has 0 radical (unpaired) electrons. The number of ether oxygens (including phenoxy) is 1. The molecule has 2 N–H and O–H groups in total. The third kappa shape index (κ3) is 5.63. The molecule has 1 unspecified atom stereocenters. The minimum Gasteiger partial charge on any atom is -0.383 e. The molecule has 0 aliphatic heterocycles. The molecule has 5 heteroatoms. The molecule has 1 rings (SSSR count). The number of nitrogens with one attached hydrogen (secondary N) is 2. The van der Waals surface area contributed by atoms with Crippen molar-refractivity contribution in [2.24, 2.45) is 0 Å². The van der Waals surface area contributed by atoms with Gasteiger partial charge in [-0.3, -0.25) is 0 Å². The van der Waals surface area contributed by atoms with E-state index < -0.39 is 0 Å². The largest absolute Gasteiger partial charge is 0.383 e. The van der Waals surface area contributed by atoms with E-state index in [0.717, 1.165) is 26.1 Å². The number of methoxy groups -OCH3 is 1. The van der Waals surface area contributed by atoms with Crippen LogP contribution in [-0.2, 0) is 4.74 Å². The Kier molecular flexibility index (Phi) is 6.44. The molecule has 0 saturated heterocycles. The summed E-state index contributed by atoms with van der Waals surface area (Å²) in [4.78, 5) is 8.16. The number of aromatic nitrogens is 2. The number of hydrogen-bond donors (Lipinski definition) is 2. The van der Waals surface area contributed by atoms with E-state index >= 15 is 0 Å². The van der Waals surface area contributed by atoms with E-state index in [-0.39, 0.29) is 0 Å². The standard InChI is InChI=1S/C11H20N4O/c1-10(9-16-2)12-5-3-6-13-11-14-7-4-8-15-11/h4,7-8,10,12H,3,5-6,9H2,1-2H3,(H,13,14,15). The second kappa shape index (κ2) is 8.01. The lowest BCUT2D eigenvalue weighted by Crippen LogP contribution is -2.31.